The van der Waals surface area contributed by atoms with Gasteiger partial charge in [0.05, 0.1) is 5.60 Å². The molecule has 0 radical (unpaired) electrons. The zero-order chi connectivity index (χ0) is 14.6. The van der Waals surface area contributed by atoms with Gasteiger partial charge in [-0.15, -0.1) is 0 Å². The zero-order valence-corrected chi connectivity index (χ0v) is 12.2. The van der Waals surface area contributed by atoms with Crippen molar-refractivity contribution in [3.8, 4) is 0 Å². The van der Waals surface area contributed by atoms with Crippen molar-refractivity contribution in [3.63, 3.8) is 0 Å². The number of aryl methyl sites for hydroxylation is 1. The van der Waals surface area contributed by atoms with Gasteiger partial charge >= 0.3 is 0 Å². The fourth-order valence-corrected chi connectivity index (χ4v) is 2.49. The zero-order valence-electron chi connectivity index (χ0n) is 12.2. The first-order chi connectivity index (χ1) is 9.47. The van der Waals surface area contributed by atoms with Crippen molar-refractivity contribution in [3.05, 3.63) is 29.7 Å². The summed E-state index contributed by atoms with van der Waals surface area (Å²) in [5.41, 5.74) is -0.739. The van der Waals surface area contributed by atoms with E-state index >= 15 is 0 Å². The number of furan rings is 1. The van der Waals surface area contributed by atoms with Gasteiger partial charge in [-0.05, 0) is 56.7 Å². The minimum atomic E-state index is -0.739. The number of rotatable bonds is 4. The summed E-state index contributed by atoms with van der Waals surface area (Å²) in [7, 11) is 0. The van der Waals surface area contributed by atoms with Gasteiger partial charge in [-0.3, -0.25) is 4.79 Å². The van der Waals surface area contributed by atoms with E-state index in [0.29, 0.717) is 18.2 Å². The number of hydrogen-bond acceptors (Lipinski definition) is 3. The summed E-state index contributed by atoms with van der Waals surface area (Å²) < 4.78 is 5.34. The third-order valence-corrected chi connectivity index (χ3v) is 3.96. The average molecular weight is 277 g/mol. The molecule has 1 saturated carbocycles. The molecule has 4 nitrogen and oxygen atoms in total. The van der Waals surface area contributed by atoms with Gasteiger partial charge in [0.1, 0.15) is 11.5 Å². The van der Waals surface area contributed by atoms with Crippen molar-refractivity contribution < 1.29 is 14.3 Å². The van der Waals surface area contributed by atoms with E-state index in [0.717, 1.165) is 31.4 Å². The van der Waals surface area contributed by atoms with Crippen LogP contribution in [-0.4, -0.2) is 23.2 Å². The normalized spacial score (nSPS) is 26.9. The maximum Gasteiger partial charge on any atom is 0.244 e. The Hall–Kier alpha value is -1.55. The summed E-state index contributed by atoms with van der Waals surface area (Å²) in [6, 6.07) is 3.67. The molecule has 0 saturated heterocycles. The minimum absolute atomic E-state index is 0.203. The Morgan fingerprint density at radius 1 is 1.50 bits per heavy atom. The summed E-state index contributed by atoms with van der Waals surface area (Å²) in [6.45, 7) is 4.38. The van der Waals surface area contributed by atoms with Crippen molar-refractivity contribution in [1.29, 1.82) is 0 Å². The van der Waals surface area contributed by atoms with Crippen molar-refractivity contribution in [1.82, 2.24) is 5.32 Å². The van der Waals surface area contributed by atoms with Crippen LogP contribution >= 0.6 is 0 Å². The van der Waals surface area contributed by atoms with Gasteiger partial charge in [0, 0.05) is 12.6 Å². The second kappa shape index (κ2) is 6.27. The summed E-state index contributed by atoms with van der Waals surface area (Å²) in [5.74, 6) is 1.94. The lowest BCUT2D eigenvalue weighted by Gasteiger charge is -2.34. The molecule has 0 aromatic carbocycles. The van der Waals surface area contributed by atoms with Crippen LogP contribution in [0.2, 0.25) is 0 Å². The fourth-order valence-electron chi connectivity index (χ4n) is 2.49. The number of nitrogens with one attached hydrogen (secondary N) is 1. The molecule has 0 spiro atoms. The van der Waals surface area contributed by atoms with Crippen molar-refractivity contribution in [2.75, 3.05) is 6.54 Å². The van der Waals surface area contributed by atoms with Gasteiger partial charge in [0.15, 0.2) is 0 Å². The maximum atomic E-state index is 11.7. The largest absolute Gasteiger partial charge is 0.462 e. The molecule has 1 fully saturated rings. The number of amides is 1. The lowest BCUT2D eigenvalue weighted by molar-refractivity contribution is -0.118. The molecule has 20 heavy (non-hydrogen) atoms. The third kappa shape index (κ3) is 4.23. The van der Waals surface area contributed by atoms with E-state index in [1.807, 2.05) is 19.1 Å². The fraction of sp³-hybridized carbons (Fsp3) is 0.562. The first kappa shape index (κ1) is 14.9. The van der Waals surface area contributed by atoms with E-state index in [-0.39, 0.29) is 5.91 Å². The molecule has 2 N–H and O–H groups in total. The van der Waals surface area contributed by atoms with E-state index in [2.05, 4.69) is 12.2 Å². The topological polar surface area (TPSA) is 62.5 Å². The van der Waals surface area contributed by atoms with Crippen LogP contribution in [0.5, 0.6) is 0 Å². The highest BCUT2D eigenvalue weighted by molar-refractivity contribution is 5.91. The standard InChI is InChI=1S/C16H23NO3/c1-12-7-9-16(19,10-8-12)11-17-15(18)6-5-14-4-3-13(2)20-14/h3-6,12,19H,7-11H2,1-2H3,(H,17,18). The quantitative estimate of drug-likeness (QED) is 0.832. The Morgan fingerprint density at radius 2 is 2.20 bits per heavy atom. The van der Waals surface area contributed by atoms with E-state index in [1.165, 1.54) is 6.08 Å². The summed E-state index contributed by atoms with van der Waals surface area (Å²) in [4.78, 5) is 11.7. The summed E-state index contributed by atoms with van der Waals surface area (Å²) in [6.07, 6.45) is 6.63. The van der Waals surface area contributed by atoms with E-state index in [1.54, 1.807) is 6.08 Å². The SMILES string of the molecule is Cc1ccc(C=CC(=O)NCC2(O)CCC(C)CC2)o1. The second-order valence-corrected chi connectivity index (χ2v) is 5.91. The first-order valence-corrected chi connectivity index (χ1v) is 7.22. The summed E-state index contributed by atoms with van der Waals surface area (Å²) >= 11 is 0. The van der Waals surface area contributed by atoms with Gasteiger partial charge in [-0.2, -0.15) is 0 Å². The first-order valence-electron chi connectivity index (χ1n) is 7.22. The maximum absolute atomic E-state index is 11.7. The highest BCUT2D eigenvalue weighted by atomic mass is 16.3. The molecule has 0 unspecified atom stereocenters. The lowest BCUT2D eigenvalue weighted by Crippen LogP contribution is -2.44. The number of hydrogen-bond donors (Lipinski definition) is 2. The molecule has 0 bridgehead atoms. The molecule has 0 aliphatic heterocycles. The number of aliphatic hydroxyl groups is 1. The molecule has 110 valence electrons. The smallest absolute Gasteiger partial charge is 0.244 e. The lowest BCUT2D eigenvalue weighted by atomic mass is 9.79. The molecule has 1 heterocycles. The van der Waals surface area contributed by atoms with Crippen LogP contribution in [0.1, 0.15) is 44.1 Å². The van der Waals surface area contributed by atoms with Crippen LogP contribution in [0.4, 0.5) is 0 Å². The van der Waals surface area contributed by atoms with Crippen LogP contribution in [0.3, 0.4) is 0 Å². The highest BCUT2D eigenvalue weighted by Gasteiger charge is 2.31. The third-order valence-electron chi connectivity index (χ3n) is 3.96. The highest BCUT2D eigenvalue weighted by Crippen LogP contribution is 2.31. The molecular weight excluding hydrogens is 254 g/mol. The molecule has 1 aliphatic rings. The minimum Gasteiger partial charge on any atom is -0.462 e. The van der Waals surface area contributed by atoms with Crippen LogP contribution in [-0.2, 0) is 4.79 Å². The molecule has 4 heteroatoms. The van der Waals surface area contributed by atoms with Crippen LogP contribution in [0.25, 0.3) is 6.08 Å². The predicted octanol–water partition coefficient (Wildman–Crippen LogP) is 2.66. The Balaban J connectivity index is 1.79. The van der Waals surface area contributed by atoms with Gasteiger partial charge in [-0.1, -0.05) is 6.92 Å². The van der Waals surface area contributed by atoms with E-state index in [9.17, 15) is 9.90 Å². The van der Waals surface area contributed by atoms with E-state index in [4.69, 9.17) is 4.42 Å². The Labute approximate surface area is 119 Å². The van der Waals surface area contributed by atoms with Crippen molar-refractivity contribution in [2.24, 2.45) is 5.92 Å². The van der Waals surface area contributed by atoms with Gasteiger partial charge in [0.2, 0.25) is 5.91 Å². The molecule has 2 rings (SSSR count). The number of carbonyl (C=O) groups excluding carboxylic acids is 1. The van der Waals surface area contributed by atoms with Crippen LogP contribution < -0.4 is 5.32 Å². The number of carbonyl (C=O) groups is 1. The van der Waals surface area contributed by atoms with E-state index < -0.39 is 5.60 Å². The van der Waals surface area contributed by atoms with Crippen molar-refractivity contribution in [2.45, 2.75) is 45.1 Å². The van der Waals surface area contributed by atoms with Gasteiger partial charge in [0.25, 0.3) is 0 Å². The molecule has 1 amide bonds. The molecule has 1 aliphatic carbocycles. The monoisotopic (exact) mass is 277 g/mol. The summed E-state index contributed by atoms with van der Waals surface area (Å²) in [5, 5.41) is 13.1. The molecular formula is C16H23NO3. The predicted molar refractivity (Wildman–Crippen MR) is 78.1 cm³/mol. The average Bonchev–Trinajstić information content (AvgIpc) is 2.84. The Kier molecular flexibility index (Phi) is 4.65. The molecule has 1 aromatic heterocycles. The van der Waals surface area contributed by atoms with Gasteiger partial charge < -0.3 is 14.8 Å². The Bertz CT molecular complexity index is 482. The van der Waals surface area contributed by atoms with Crippen LogP contribution in [0.15, 0.2) is 22.6 Å². The van der Waals surface area contributed by atoms with Crippen LogP contribution in [0, 0.1) is 12.8 Å². The van der Waals surface area contributed by atoms with Gasteiger partial charge in [-0.25, -0.2) is 0 Å². The molecule has 0 atom stereocenters. The van der Waals surface area contributed by atoms with Crippen molar-refractivity contribution >= 4 is 12.0 Å². The Morgan fingerprint density at radius 3 is 2.80 bits per heavy atom. The molecule has 1 aromatic rings. The second-order valence-electron chi connectivity index (χ2n) is 5.91.